The molecule has 1 aliphatic rings. The van der Waals surface area contributed by atoms with Crippen molar-refractivity contribution in [2.45, 2.75) is 65.1 Å². The van der Waals surface area contributed by atoms with Gasteiger partial charge >= 0.3 is 7.12 Å². The third kappa shape index (κ3) is 2.70. The number of aromatic nitrogens is 1. The highest BCUT2D eigenvalue weighted by atomic mass is 16.7. The van der Waals surface area contributed by atoms with Crippen molar-refractivity contribution in [2.24, 2.45) is 0 Å². The summed E-state index contributed by atoms with van der Waals surface area (Å²) in [6, 6.07) is 3.60. The maximum atomic E-state index is 11.9. The molecule has 1 aliphatic heterocycles. The molecule has 1 fully saturated rings. The molecule has 1 N–H and O–H groups in total. The predicted octanol–water partition coefficient (Wildman–Crippen LogP) is 1.97. The van der Waals surface area contributed by atoms with Crippen molar-refractivity contribution in [3.8, 4) is 0 Å². The molecule has 2 heterocycles. The van der Waals surface area contributed by atoms with Crippen molar-refractivity contribution in [1.82, 2.24) is 4.98 Å². The largest absolute Gasteiger partial charge is 0.512 e. The molecule has 2 rings (SSSR count). The molecule has 20 heavy (non-hydrogen) atoms. The first kappa shape index (κ1) is 15.3. The predicted molar refractivity (Wildman–Crippen MR) is 81.5 cm³/mol. The van der Waals surface area contributed by atoms with E-state index < -0.39 is 18.3 Å². The van der Waals surface area contributed by atoms with Crippen LogP contribution in [0.4, 0.5) is 0 Å². The van der Waals surface area contributed by atoms with Gasteiger partial charge in [-0.25, -0.2) is 0 Å². The van der Waals surface area contributed by atoms with Gasteiger partial charge in [-0.1, -0.05) is 20.8 Å². The summed E-state index contributed by atoms with van der Waals surface area (Å²) in [6.45, 7) is 14.2. The molecule has 0 amide bonds. The highest BCUT2D eigenvalue weighted by molar-refractivity contribution is 6.61. The average Bonchev–Trinajstić information content (AvgIpc) is 2.46. The summed E-state index contributed by atoms with van der Waals surface area (Å²) < 4.78 is 12.0. The fourth-order valence-corrected chi connectivity index (χ4v) is 2.09. The van der Waals surface area contributed by atoms with E-state index >= 15 is 0 Å². The second-order valence-corrected chi connectivity index (χ2v) is 7.53. The molecule has 1 aromatic heterocycles. The Bertz CT molecular complexity index is 553. The van der Waals surface area contributed by atoms with Crippen molar-refractivity contribution < 1.29 is 9.31 Å². The third-order valence-corrected chi connectivity index (χ3v) is 4.24. The number of H-pyrrole nitrogens is 1. The van der Waals surface area contributed by atoms with Crippen LogP contribution < -0.4 is 11.2 Å². The van der Waals surface area contributed by atoms with E-state index in [1.165, 1.54) is 0 Å². The highest BCUT2D eigenvalue weighted by Crippen LogP contribution is 2.36. The van der Waals surface area contributed by atoms with Crippen LogP contribution in [0.2, 0.25) is 0 Å². The van der Waals surface area contributed by atoms with Crippen LogP contribution in [0.15, 0.2) is 16.9 Å². The zero-order chi connectivity index (χ0) is 15.3. The molecule has 0 radical (unpaired) electrons. The normalized spacial score (nSPS) is 21.2. The molecule has 110 valence electrons. The first-order valence-corrected chi connectivity index (χ1v) is 7.03. The van der Waals surface area contributed by atoms with E-state index in [0.717, 1.165) is 5.56 Å². The summed E-state index contributed by atoms with van der Waals surface area (Å²) in [6.07, 6.45) is 0. The molecule has 0 aliphatic carbocycles. The number of pyridine rings is 1. The van der Waals surface area contributed by atoms with Gasteiger partial charge in [0.05, 0.1) is 11.2 Å². The van der Waals surface area contributed by atoms with Gasteiger partial charge < -0.3 is 14.3 Å². The molecular formula is C15H24BNO3. The van der Waals surface area contributed by atoms with E-state index in [0.29, 0.717) is 5.59 Å². The maximum absolute atomic E-state index is 11.9. The lowest BCUT2D eigenvalue weighted by atomic mass is 9.79. The maximum Gasteiger partial charge on any atom is 0.512 e. The van der Waals surface area contributed by atoms with Crippen LogP contribution in [0.25, 0.3) is 0 Å². The van der Waals surface area contributed by atoms with Crippen LogP contribution in [0.5, 0.6) is 0 Å². The van der Waals surface area contributed by atoms with Crippen LogP contribution in [0.1, 0.15) is 54.0 Å². The van der Waals surface area contributed by atoms with Crippen molar-refractivity contribution in [1.29, 1.82) is 0 Å². The Balaban J connectivity index is 2.41. The Hall–Kier alpha value is -1.07. The molecule has 1 aromatic rings. The number of rotatable bonds is 1. The van der Waals surface area contributed by atoms with Gasteiger partial charge in [-0.2, -0.15) is 0 Å². The zero-order valence-electron chi connectivity index (χ0n) is 13.5. The number of aromatic amines is 1. The molecule has 4 nitrogen and oxygen atoms in total. The van der Waals surface area contributed by atoms with Gasteiger partial charge in [0.15, 0.2) is 0 Å². The first-order chi connectivity index (χ1) is 8.92. The second kappa shape index (κ2) is 4.47. The van der Waals surface area contributed by atoms with Crippen molar-refractivity contribution >= 4 is 12.7 Å². The van der Waals surface area contributed by atoms with Gasteiger partial charge in [0.25, 0.3) is 0 Å². The van der Waals surface area contributed by atoms with Gasteiger partial charge in [-0.05, 0) is 44.7 Å². The smallest absolute Gasteiger partial charge is 0.398 e. The SMILES string of the molecule is CC(C)(C)c1cc(B2OC(C)(C)C(C)(C)O2)[nH]c(=O)c1. The Kier molecular flexibility index (Phi) is 3.42. The molecule has 5 heteroatoms. The fourth-order valence-electron chi connectivity index (χ4n) is 2.09. The minimum atomic E-state index is -0.532. The molecule has 0 aromatic carbocycles. The minimum Gasteiger partial charge on any atom is -0.398 e. The summed E-state index contributed by atoms with van der Waals surface area (Å²) in [5, 5.41) is 0. The molecule has 1 saturated heterocycles. The van der Waals surface area contributed by atoms with Crippen molar-refractivity contribution in [3.63, 3.8) is 0 Å². The first-order valence-electron chi connectivity index (χ1n) is 7.03. The minimum absolute atomic E-state index is 0.0906. The van der Waals surface area contributed by atoms with Gasteiger partial charge in [-0.15, -0.1) is 0 Å². The van der Waals surface area contributed by atoms with Crippen LogP contribution in [0, 0.1) is 0 Å². The number of nitrogens with one attached hydrogen (secondary N) is 1. The van der Waals surface area contributed by atoms with E-state index in [4.69, 9.17) is 9.31 Å². The van der Waals surface area contributed by atoms with Gasteiger partial charge in [-0.3, -0.25) is 4.79 Å². The summed E-state index contributed by atoms with van der Waals surface area (Å²) >= 11 is 0. The quantitative estimate of drug-likeness (QED) is 0.798. The number of hydrogen-bond acceptors (Lipinski definition) is 3. The Morgan fingerprint density at radius 3 is 2.00 bits per heavy atom. The monoisotopic (exact) mass is 277 g/mol. The van der Waals surface area contributed by atoms with E-state index in [1.807, 2.05) is 33.8 Å². The molecule has 0 saturated carbocycles. The van der Waals surface area contributed by atoms with Gasteiger partial charge in [0, 0.05) is 11.7 Å². The van der Waals surface area contributed by atoms with E-state index in [1.54, 1.807) is 6.07 Å². The summed E-state index contributed by atoms with van der Waals surface area (Å²) in [4.78, 5) is 14.7. The van der Waals surface area contributed by atoms with Crippen LogP contribution in [0.3, 0.4) is 0 Å². The lowest BCUT2D eigenvalue weighted by Crippen LogP contribution is -2.41. The standard InChI is InChI=1S/C15H24BNO3/c1-13(2,3)10-8-11(17-12(18)9-10)16-19-14(4,5)15(6,7)20-16/h8-9H,1-7H3,(H,17,18). The summed E-state index contributed by atoms with van der Waals surface area (Å²) in [7, 11) is -0.532. The Morgan fingerprint density at radius 1 is 1.05 bits per heavy atom. The van der Waals surface area contributed by atoms with E-state index in [9.17, 15) is 4.79 Å². The van der Waals surface area contributed by atoms with Gasteiger partial charge in [0.1, 0.15) is 0 Å². The molecule has 0 atom stereocenters. The lowest BCUT2D eigenvalue weighted by Gasteiger charge is -2.32. The molecule has 0 spiro atoms. The van der Waals surface area contributed by atoms with Crippen LogP contribution >= 0.6 is 0 Å². The summed E-state index contributed by atoms with van der Waals surface area (Å²) in [5.74, 6) is 0. The van der Waals surface area contributed by atoms with E-state index in [-0.39, 0.29) is 11.0 Å². The topological polar surface area (TPSA) is 51.3 Å². The zero-order valence-corrected chi connectivity index (χ0v) is 13.5. The van der Waals surface area contributed by atoms with Gasteiger partial charge in [0.2, 0.25) is 5.56 Å². The summed E-state index contributed by atoms with van der Waals surface area (Å²) in [5.41, 5.74) is 0.625. The Labute approximate surface area is 121 Å². The molecule has 0 unspecified atom stereocenters. The van der Waals surface area contributed by atoms with Crippen molar-refractivity contribution in [3.05, 3.63) is 28.0 Å². The number of hydrogen-bond donors (Lipinski definition) is 1. The Morgan fingerprint density at radius 2 is 1.55 bits per heavy atom. The lowest BCUT2D eigenvalue weighted by molar-refractivity contribution is 0.00578. The van der Waals surface area contributed by atoms with Crippen LogP contribution in [-0.2, 0) is 14.7 Å². The van der Waals surface area contributed by atoms with E-state index in [2.05, 4.69) is 25.8 Å². The third-order valence-electron chi connectivity index (χ3n) is 4.24. The fraction of sp³-hybridized carbons (Fsp3) is 0.667. The van der Waals surface area contributed by atoms with Crippen LogP contribution in [-0.4, -0.2) is 23.3 Å². The molecule has 0 bridgehead atoms. The average molecular weight is 277 g/mol. The van der Waals surface area contributed by atoms with Crippen molar-refractivity contribution in [2.75, 3.05) is 0 Å². The molecular weight excluding hydrogens is 253 g/mol. The highest BCUT2D eigenvalue weighted by Gasteiger charge is 2.52. The second-order valence-electron chi connectivity index (χ2n) is 7.53.